The second-order valence-corrected chi connectivity index (χ2v) is 4.12. The van der Waals surface area contributed by atoms with Gasteiger partial charge in [-0.1, -0.05) is 13.3 Å². The third-order valence-electron chi connectivity index (χ3n) is 2.67. The van der Waals surface area contributed by atoms with E-state index in [9.17, 15) is 4.79 Å². The van der Waals surface area contributed by atoms with Crippen molar-refractivity contribution >= 4 is 12.0 Å². The van der Waals surface area contributed by atoms with Crippen LogP contribution in [0.25, 0.3) is 6.08 Å². The van der Waals surface area contributed by atoms with Gasteiger partial charge in [-0.2, -0.15) is 0 Å². The number of rotatable bonds is 6. The number of carboxylic acids is 1. The lowest BCUT2D eigenvalue weighted by Gasteiger charge is -2.10. The lowest BCUT2D eigenvalue weighted by atomic mass is 10.1. The van der Waals surface area contributed by atoms with Crippen molar-refractivity contribution < 1.29 is 24.1 Å². The van der Waals surface area contributed by atoms with Crippen LogP contribution in [0, 0.1) is 0 Å². The number of hydrogen-bond donors (Lipinski definition) is 1. The molecule has 0 spiro atoms. The van der Waals surface area contributed by atoms with E-state index in [2.05, 4.69) is 6.92 Å². The summed E-state index contributed by atoms with van der Waals surface area (Å²) in [7, 11) is 0. The van der Waals surface area contributed by atoms with Crippen molar-refractivity contribution in [2.75, 3.05) is 13.4 Å². The summed E-state index contributed by atoms with van der Waals surface area (Å²) in [6, 6.07) is 3.46. The summed E-state index contributed by atoms with van der Waals surface area (Å²) in [5, 5.41) is 8.69. The molecule has 5 heteroatoms. The summed E-state index contributed by atoms with van der Waals surface area (Å²) in [6.45, 7) is 2.84. The van der Waals surface area contributed by atoms with E-state index in [0.717, 1.165) is 18.9 Å². The van der Waals surface area contributed by atoms with Crippen LogP contribution in [0.5, 0.6) is 17.2 Å². The van der Waals surface area contributed by atoms with E-state index >= 15 is 0 Å². The molecular formula is C14H16O5. The molecule has 1 aromatic rings. The van der Waals surface area contributed by atoms with Crippen LogP contribution in [-0.4, -0.2) is 24.5 Å². The molecule has 19 heavy (non-hydrogen) atoms. The average Bonchev–Trinajstić information content (AvgIpc) is 2.83. The highest BCUT2D eigenvalue weighted by Gasteiger charge is 2.17. The van der Waals surface area contributed by atoms with Crippen molar-refractivity contribution in [2.45, 2.75) is 19.8 Å². The first-order valence-electron chi connectivity index (χ1n) is 6.18. The van der Waals surface area contributed by atoms with Crippen LogP contribution in [0.4, 0.5) is 0 Å². The minimum atomic E-state index is -1.00. The van der Waals surface area contributed by atoms with Crippen LogP contribution in [0.3, 0.4) is 0 Å². The van der Waals surface area contributed by atoms with Crippen LogP contribution < -0.4 is 14.2 Å². The first kappa shape index (κ1) is 13.3. The van der Waals surface area contributed by atoms with Gasteiger partial charge in [0, 0.05) is 17.7 Å². The van der Waals surface area contributed by atoms with E-state index in [1.54, 1.807) is 12.1 Å². The molecular weight excluding hydrogens is 248 g/mol. The Balaban J connectivity index is 2.24. The highest BCUT2D eigenvalue weighted by atomic mass is 16.7. The van der Waals surface area contributed by atoms with Crippen molar-refractivity contribution in [2.24, 2.45) is 0 Å². The summed E-state index contributed by atoms with van der Waals surface area (Å²) in [5.74, 6) is 0.833. The molecule has 0 amide bonds. The molecule has 0 bridgehead atoms. The molecule has 0 fully saturated rings. The maximum Gasteiger partial charge on any atom is 0.328 e. The SMILES string of the molecule is CCCCOc1cc2c(cc1C=CC(=O)O)OCO2. The summed E-state index contributed by atoms with van der Waals surface area (Å²) < 4.78 is 16.2. The summed E-state index contributed by atoms with van der Waals surface area (Å²) >= 11 is 0. The Kier molecular flexibility index (Phi) is 4.28. The van der Waals surface area contributed by atoms with Gasteiger partial charge >= 0.3 is 5.97 Å². The average molecular weight is 264 g/mol. The molecule has 0 unspecified atom stereocenters. The van der Waals surface area contributed by atoms with Gasteiger partial charge in [-0.05, 0) is 18.6 Å². The Hall–Kier alpha value is -2.17. The van der Waals surface area contributed by atoms with Gasteiger partial charge in [-0.3, -0.25) is 0 Å². The van der Waals surface area contributed by atoms with E-state index < -0.39 is 5.97 Å². The van der Waals surface area contributed by atoms with Gasteiger partial charge in [-0.15, -0.1) is 0 Å². The fraction of sp³-hybridized carbons (Fsp3) is 0.357. The number of carbonyl (C=O) groups is 1. The topological polar surface area (TPSA) is 65.0 Å². The van der Waals surface area contributed by atoms with Crippen molar-refractivity contribution in [1.29, 1.82) is 0 Å². The molecule has 2 rings (SSSR count). The Bertz CT molecular complexity index is 493. The van der Waals surface area contributed by atoms with Gasteiger partial charge in [0.2, 0.25) is 6.79 Å². The van der Waals surface area contributed by atoms with Gasteiger partial charge < -0.3 is 19.3 Å². The van der Waals surface area contributed by atoms with Gasteiger partial charge in [0.15, 0.2) is 11.5 Å². The molecule has 0 radical (unpaired) electrons. The van der Waals surface area contributed by atoms with E-state index in [1.165, 1.54) is 6.08 Å². The normalized spacial score (nSPS) is 12.9. The lowest BCUT2D eigenvalue weighted by molar-refractivity contribution is -0.131. The molecule has 0 saturated heterocycles. The van der Waals surface area contributed by atoms with Crippen LogP contribution in [0.2, 0.25) is 0 Å². The third-order valence-corrected chi connectivity index (χ3v) is 2.67. The molecule has 1 heterocycles. The summed E-state index contributed by atoms with van der Waals surface area (Å²) in [6.07, 6.45) is 4.54. The minimum Gasteiger partial charge on any atom is -0.493 e. The smallest absolute Gasteiger partial charge is 0.328 e. The minimum absolute atomic E-state index is 0.176. The molecule has 0 atom stereocenters. The molecule has 0 aromatic heterocycles. The number of benzene rings is 1. The Labute approximate surface area is 111 Å². The molecule has 0 saturated carbocycles. The van der Waals surface area contributed by atoms with Gasteiger partial charge in [0.05, 0.1) is 6.61 Å². The molecule has 1 N–H and O–H groups in total. The molecule has 1 aliphatic heterocycles. The summed E-state index contributed by atoms with van der Waals surface area (Å²) in [4.78, 5) is 10.6. The number of ether oxygens (including phenoxy) is 3. The highest BCUT2D eigenvalue weighted by Crippen LogP contribution is 2.38. The van der Waals surface area contributed by atoms with Crippen LogP contribution in [0.1, 0.15) is 25.3 Å². The standard InChI is InChI=1S/C14H16O5/c1-2-3-6-17-11-8-13-12(18-9-19-13)7-10(11)4-5-14(15)16/h4-5,7-8H,2-3,6,9H2,1H3,(H,15,16). The summed E-state index contributed by atoms with van der Waals surface area (Å²) in [5.41, 5.74) is 0.669. The number of hydrogen-bond acceptors (Lipinski definition) is 4. The zero-order chi connectivity index (χ0) is 13.7. The largest absolute Gasteiger partial charge is 0.493 e. The molecule has 102 valence electrons. The molecule has 1 aromatic carbocycles. The zero-order valence-electron chi connectivity index (χ0n) is 10.7. The van der Waals surface area contributed by atoms with E-state index in [-0.39, 0.29) is 6.79 Å². The fourth-order valence-electron chi connectivity index (χ4n) is 1.68. The number of aliphatic carboxylic acids is 1. The fourth-order valence-corrected chi connectivity index (χ4v) is 1.68. The van der Waals surface area contributed by atoms with Crippen LogP contribution in [0.15, 0.2) is 18.2 Å². The highest BCUT2D eigenvalue weighted by molar-refractivity contribution is 5.86. The quantitative estimate of drug-likeness (QED) is 0.632. The van der Waals surface area contributed by atoms with Crippen LogP contribution >= 0.6 is 0 Å². The van der Waals surface area contributed by atoms with Crippen molar-refractivity contribution in [3.63, 3.8) is 0 Å². The van der Waals surface area contributed by atoms with E-state index in [4.69, 9.17) is 19.3 Å². The van der Waals surface area contributed by atoms with Gasteiger partial charge in [-0.25, -0.2) is 4.79 Å². The maximum atomic E-state index is 10.6. The second-order valence-electron chi connectivity index (χ2n) is 4.12. The van der Waals surface area contributed by atoms with Crippen molar-refractivity contribution in [3.05, 3.63) is 23.8 Å². The van der Waals surface area contributed by atoms with Gasteiger partial charge in [0.1, 0.15) is 5.75 Å². The maximum absolute atomic E-state index is 10.6. The van der Waals surface area contributed by atoms with E-state index in [1.807, 2.05) is 0 Å². The van der Waals surface area contributed by atoms with E-state index in [0.29, 0.717) is 29.4 Å². The molecule has 5 nitrogen and oxygen atoms in total. The third kappa shape index (κ3) is 3.40. The lowest BCUT2D eigenvalue weighted by Crippen LogP contribution is -1.98. The number of carboxylic acid groups (broad SMARTS) is 1. The number of fused-ring (bicyclic) bond motifs is 1. The Morgan fingerprint density at radius 2 is 2.16 bits per heavy atom. The zero-order valence-corrected chi connectivity index (χ0v) is 10.7. The monoisotopic (exact) mass is 264 g/mol. The first-order valence-corrected chi connectivity index (χ1v) is 6.18. The van der Waals surface area contributed by atoms with Gasteiger partial charge in [0.25, 0.3) is 0 Å². The second kappa shape index (κ2) is 6.13. The molecule has 0 aliphatic carbocycles. The predicted octanol–water partition coefficient (Wildman–Crippen LogP) is 2.69. The molecule has 1 aliphatic rings. The van der Waals surface area contributed by atoms with Crippen molar-refractivity contribution in [3.8, 4) is 17.2 Å². The first-order chi connectivity index (χ1) is 9.20. The Morgan fingerprint density at radius 1 is 1.42 bits per heavy atom. The Morgan fingerprint density at radius 3 is 2.84 bits per heavy atom. The predicted molar refractivity (Wildman–Crippen MR) is 69.6 cm³/mol. The van der Waals surface area contributed by atoms with Crippen molar-refractivity contribution in [1.82, 2.24) is 0 Å². The number of unbranched alkanes of at least 4 members (excludes halogenated alkanes) is 1. The van der Waals surface area contributed by atoms with Crippen LogP contribution in [-0.2, 0) is 4.79 Å².